The fraction of sp³-hybridized carbons (Fsp3) is 0. The predicted octanol–water partition coefficient (Wildman–Crippen LogP) is 3.41. The Labute approximate surface area is 109 Å². The van der Waals surface area contributed by atoms with E-state index in [-0.39, 0.29) is 5.56 Å². The van der Waals surface area contributed by atoms with Crippen LogP contribution >= 0.6 is 27.3 Å². The van der Waals surface area contributed by atoms with Crippen LogP contribution < -0.4 is 5.56 Å². The number of H-pyrrole nitrogens is 1. The van der Waals surface area contributed by atoms with Crippen molar-refractivity contribution in [2.45, 2.75) is 0 Å². The van der Waals surface area contributed by atoms with Crippen molar-refractivity contribution >= 4 is 37.4 Å². The first kappa shape index (κ1) is 10.7. The smallest absolute Gasteiger partial charge is 0.265 e. The zero-order chi connectivity index (χ0) is 11.8. The van der Waals surface area contributed by atoms with Crippen LogP contribution in [0.3, 0.4) is 0 Å². The SMILES string of the molecule is O=c1[nH]c(-c2csc3ccccc23)ncc1Br. The summed E-state index contributed by atoms with van der Waals surface area (Å²) in [6.45, 7) is 0. The lowest BCUT2D eigenvalue weighted by molar-refractivity contribution is 1.11. The first-order valence-electron chi connectivity index (χ1n) is 4.97. The van der Waals surface area contributed by atoms with Gasteiger partial charge in [0.15, 0.2) is 0 Å². The number of thiophene rings is 1. The van der Waals surface area contributed by atoms with E-state index in [4.69, 9.17) is 0 Å². The number of aromatic amines is 1. The molecule has 0 aliphatic heterocycles. The monoisotopic (exact) mass is 306 g/mol. The average Bonchev–Trinajstić information content (AvgIpc) is 2.76. The van der Waals surface area contributed by atoms with Crippen molar-refractivity contribution < 1.29 is 0 Å². The topological polar surface area (TPSA) is 45.8 Å². The van der Waals surface area contributed by atoms with Gasteiger partial charge in [0.25, 0.3) is 5.56 Å². The number of fused-ring (bicyclic) bond motifs is 1. The van der Waals surface area contributed by atoms with E-state index in [0.717, 1.165) is 10.9 Å². The van der Waals surface area contributed by atoms with E-state index in [1.54, 1.807) is 11.3 Å². The van der Waals surface area contributed by atoms with Crippen molar-refractivity contribution in [3.63, 3.8) is 0 Å². The number of aromatic nitrogens is 2. The van der Waals surface area contributed by atoms with Gasteiger partial charge in [-0.05, 0) is 22.0 Å². The molecule has 3 rings (SSSR count). The van der Waals surface area contributed by atoms with Gasteiger partial charge < -0.3 is 4.98 Å². The Bertz CT molecular complexity index is 747. The van der Waals surface area contributed by atoms with Crippen LogP contribution in [-0.2, 0) is 0 Å². The molecule has 1 aromatic carbocycles. The number of nitrogens with zero attached hydrogens (tertiary/aromatic N) is 1. The molecule has 0 radical (unpaired) electrons. The molecular formula is C12H7BrN2OS. The zero-order valence-electron chi connectivity index (χ0n) is 8.61. The summed E-state index contributed by atoms with van der Waals surface area (Å²) in [6.07, 6.45) is 1.53. The van der Waals surface area contributed by atoms with E-state index in [1.807, 2.05) is 23.6 Å². The number of benzene rings is 1. The lowest BCUT2D eigenvalue weighted by atomic mass is 10.2. The first-order chi connectivity index (χ1) is 8.25. The molecule has 5 heteroatoms. The summed E-state index contributed by atoms with van der Waals surface area (Å²) >= 11 is 4.78. The molecule has 0 amide bonds. The van der Waals surface area contributed by atoms with Gasteiger partial charge in [0.2, 0.25) is 0 Å². The number of rotatable bonds is 1. The summed E-state index contributed by atoms with van der Waals surface area (Å²) in [5.74, 6) is 0.607. The lowest BCUT2D eigenvalue weighted by Gasteiger charge is -1.98. The Morgan fingerprint density at radius 3 is 2.94 bits per heavy atom. The molecule has 0 bridgehead atoms. The third-order valence-corrected chi connectivity index (χ3v) is 4.02. The Hall–Kier alpha value is -1.46. The molecule has 84 valence electrons. The number of nitrogens with one attached hydrogen (secondary N) is 1. The van der Waals surface area contributed by atoms with Crippen LogP contribution in [0.5, 0.6) is 0 Å². The summed E-state index contributed by atoms with van der Waals surface area (Å²) in [6, 6.07) is 8.07. The molecule has 0 aliphatic carbocycles. The highest BCUT2D eigenvalue weighted by atomic mass is 79.9. The molecule has 0 unspecified atom stereocenters. The van der Waals surface area contributed by atoms with Gasteiger partial charge >= 0.3 is 0 Å². The minimum Gasteiger partial charge on any atom is -0.306 e. The van der Waals surface area contributed by atoms with Gasteiger partial charge in [-0.2, -0.15) is 0 Å². The van der Waals surface area contributed by atoms with E-state index < -0.39 is 0 Å². The molecular weight excluding hydrogens is 300 g/mol. The molecule has 0 spiro atoms. The lowest BCUT2D eigenvalue weighted by Crippen LogP contribution is -2.08. The second-order valence-corrected chi connectivity index (χ2v) is 5.32. The maximum absolute atomic E-state index is 11.5. The van der Waals surface area contributed by atoms with Crippen molar-refractivity contribution in [1.82, 2.24) is 9.97 Å². The van der Waals surface area contributed by atoms with Crippen molar-refractivity contribution in [1.29, 1.82) is 0 Å². The van der Waals surface area contributed by atoms with E-state index in [0.29, 0.717) is 10.3 Å². The standard InChI is InChI=1S/C12H7BrN2OS/c13-9-5-14-11(15-12(9)16)8-6-17-10-4-2-1-3-7(8)10/h1-6H,(H,14,15,16). The summed E-state index contributed by atoms with van der Waals surface area (Å²) < 4.78 is 1.63. The van der Waals surface area contributed by atoms with Crippen LogP contribution in [0.1, 0.15) is 0 Å². The third kappa shape index (κ3) is 1.81. The van der Waals surface area contributed by atoms with Crippen molar-refractivity contribution in [3.05, 3.63) is 50.7 Å². The van der Waals surface area contributed by atoms with Crippen LogP contribution in [-0.4, -0.2) is 9.97 Å². The number of halogens is 1. The molecule has 17 heavy (non-hydrogen) atoms. The number of hydrogen-bond donors (Lipinski definition) is 1. The molecule has 0 saturated heterocycles. The summed E-state index contributed by atoms with van der Waals surface area (Å²) in [4.78, 5) is 18.5. The van der Waals surface area contributed by atoms with Gasteiger partial charge in [-0.25, -0.2) is 4.98 Å². The van der Waals surface area contributed by atoms with Gasteiger partial charge in [-0.3, -0.25) is 4.79 Å². The van der Waals surface area contributed by atoms with E-state index in [2.05, 4.69) is 32.0 Å². The molecule has 3 nitrogen and oxygen atoms in total. The molecule has 0 saturated carbocycles. The van der Waals surface area contributed by atoms with Crippen LogP contribution in [0.4, 0.5) is 0 Å². The maximum Gasteiger partial charge on any atom is 0.265 e. The van der Waals surface area contributed by atoms with Crippen LogP contribution in [0.2, 0.25) is 0 Å². The normalized spacial score (nSPS) is 10.9. The highest BCUT2D eigenvalue weighted by molar-refractivity contribution is 9.10. The minimum absolute atomic E-state index is 0.162. The predicted molar refractivity (Wildman–Crippen MR) is 73.4 cm³/mol. The second-order valence-electron chi connectivity index (χ2n) is 3.55. The van der Waals surface area contributed by atoms with Crippen molar-refractivity contribution in [3.8, 4) is 11.4 Å². The van der Waals surface area contributed by atoms with Gasteiger partial charge in [-0.1, -0.05) is 18.2 Å². The molecule has 0 fully saturated rings. The molecule has 0 aliphatic rings. The van der Waals surface area contributed by atoms with Crippen molar-refractivity contribution in [2.24, 2.45) is 0 Å². The molecule has 3 aromatic rings. The largest absolute Gasteiger partial charge is 0.306 e. The third-order valence-electron chi connectivity index (χ3n) is 2.49. The fourth-order valence-electron chi connectivity index (χ4n) is 1.68. The fourth-order valence-corrected chi connectivity index (χ4v) is 2.82. The van der Waals surface area contributed by atoms with Crippen LogP contribution in [0.15, 0.2) is 45.1 Å². The van der Waals surface area contributed by atoms with Crippen LogP contribution in [0, 0.1) is 0 Å². The van der Waals surface area contributed by atoms with E-state index in [1.165, 1.54) is 10.9 Å². The quantitative estimate of drug-likeness (QED) is 0.749. The molecule has 2 heterocycles. The maximum atomic E-state index is 11.5. The number of hydrogen-bond acceptors (Lipinski definition) is 3. The average molecular weight is 307 g/mol. The van der Waals surface area contributed by atoms with Gasteiger partial charge in [0.05, 0.1) is 0 Å². The highest BCUT2D eigenvalue weighted by Crippen LogP contribution is 2.31. The molecule has 2 aromatic heterocycles. The van der Waals surface area contributed by atoms with Crippen LogP contribution in [0.25, 0.3) is 21.5 Å². The first-order valence-corrected chi connectivity index (χ1v) is 6.64. The van der Waals surface area contributed by atoms with Crippen molar-refractivity contribution in [2.75, 3.05) is 0 Å². The Morgan fingerprint density at radius 1 is 1.29 bits per heavy atom. The van der Waals surface area contributed by atoms with Gasteiger partial charge in [0.1, 0.15) is 10.3 Å². The Morgan fingerprint density at radius 2 is 2.12 bits per heavy atom. The summed E-state index contributed by atoms with van der Waals surface area (Å²) in [7, 11) is 0. The second kappa shape index (κ2) is 4.09. The zero-order valence-corrected chi connectivity index (χ0v) is 11.0. The molecule has 1 N–H and O–H groups in total. The minimum atomic E-state index is -0.162. The Kier molecular flexibility index (Phi) is 2.57. The Balaban J connectivity index is 2.27. The summed E-state index contributed by atoms with van der Waals surface area (Å²) in [5, 5.41) is 3.12. The van der Waals surface area contributed by atoms with E-state index >= 15 is 0 Å². The highest BCUT2D eigenvalue weighted by Gasteiger charge is 2.08. The van der Waals surface area contributed by atoms with Gasteiger partial charge in [0, 0.05) is 27.2 Å². The van der Waals surface area contributed by atoms with E-state index in [9.17, 15) is 4.79 Å². The summed E-state index contributed by atoms with van der Waals surface area (Å²) in [5.41, 5.74) is 0.806. The molecule has 0 atom stereocenters. The van der Waals surface area contributed by atoms with Gasteiger partial charge in [-0.15, -0.1) is 11.3 Å².